The van der Waals surface area contributed by atoms with Crippen LogP contribution in [0.2, 0.25) is 0 Å². The number of nitrogens with zero attached hydrogens (tertiary/aromatic N) is 6. The van der Waals surface area contributed by atoms with Crippen LogP contribution in [0.4, 0.5) is 0 Å². The van der Waals surface area contributed by atoms with E-state index in [4.69, 9.17) is 20.2 Å². The molecule has 28 heavy (non-hydrogen) atoms. The molecular formula is C20H18N8. The Morgan fingerprint density at radius 1 is 0.643 bits per heavy atom. The number of hydrogen-bond donors (Lipinski definition) is 2. The maximum absolute atomic E-state index is 4.78. The average molecular weight is 370 g/mol. The lowest BCUT2D eigenvalue weighted by atomic mass is 10.2. The molecule has 2 aliphatic heterocycles. The lowest BCUT2D eigenvalue weighted by Gasteiger charge is -2.37. The van der Waals surface area contributed by atoms with Crippen LogP contribution in [0.15, 0.2) is 60.7 Å². The van der Waals surface area contributed by atoms with E-state index in [9.17, 15) is 0 Å². The maximum Gasteiger partial charge on any atom is 0.181 e. The molecular weight excluding hydrogens is 352 g/mol. The zero-order valence-corrected chi connectivity index (χ0v) is 15.0. The molecule has 0 spiro atoms. The lowest BCUT2D eigenvalue weighted by Crippen LogP contribution is -2.50. The predicted molar refractivity (Wildman–Crippen MR) is 103 cm³/mol. The summed E-state index contributed by atoms with van der Waals surface area (Å²) in [5.41, 5.74) is 2.04. The van der Waals surface area contributed by atoms with Gasteiger partial charge in [-0.2, -0.15) is 0 Å². The van der Waals surface area contributed by atoms with Gasteiger partial charge in [-0.15, -0.1) is 10.2 Å². The Hall–Kier alpha value is -3.36. The van der Waals surface area contributed by atoms with Gasteiger partial charge in [-0.25, -0.2) is 19.3 Å². The van der Waals surface area contributed by atoms with E-state index < -0.39 is 0 Å². The summed E-state index contributed by atoms with van der Waals surface area (Å²) in [6.45, 7) is 1.26. The number of fused-ring (bicyclic) bond motifs is 5. The monoisotopic (exact) mass is 370 g/mol. The lowest BCUT2D eigenvalue weighted by molar-refractivity contribution is 0.135. The SMILES string of the molecule is c1ccc(-c2nc3n(n2)[C@@H]2NCc4nc(-c5ccccc5)nn4[C@@H]2NC3)cc1. The molecule has 8 nitrogen and oxygen atoms in total. The summed E-state index contributed by atoms with van der Waals surface area (Å²) in [7, 11) is 0. The zero-order valence-electron chi connectivity index (χ0n) is 15.0. The van der Waals surface area contributed by atoms with Crippen molar-refractivity contribution in [2.75, 3.05) is 0 Å². The van der Waals surface area contributed by atoms with Crippen LogP contribution in [0.3, 0.4) is 0 Å². The van der Waals surface area contributed by atoms with Crippen molar-refractivity contribution in [2.24, 2.45) is 0 Å². The summed E-state index contributed by atoms with van der Waals surface area (Å²) in [5, 5.41) is 16.6. The molecule has 2 aliphatic rings. The van der Waals surface area contributed by atoms with Crippen LogP contribution >= 0.6 is 0 Å². The fraction of sp³-hybridized carbons (Fsp3) is 0.200. The van der Waals surface area contributed by atoms with E-state index in [1.807, 2.05) is 70.0 Å². The van der Waals surface area contributed by atoms with Crippen molar-refractivity contribution in [2.45, 2.75) is 25.4 Å². The summed E-state index contributed by atoms with van der Waals surface area (Å²) >= 11 is 0. The molecule has 8 heteroatoms. The zero-order chi connectivity index (χ0) is 18.5. The molecule has 0 fully saturated rings. The van der Waals surface area contributed by atoms with Crippen LogP contribution in [-0.2, 0) is 13.1 Å². The van der Waals surface area contributed by atoms with Crippen LogP contribution in [0, 0.1) is 0 Å². The molecule has 2 aromatic heterocycles. The molecule has 0 aliphatic carbocycles. The van der Waals surface area contributed by atoms with Crippen LogP contribution < -0.4 is 10.6 Å². The van der Waals surface area contributed by atoms with Crippen molar-refractivity contribution in [3.05, 3.63) is 72.3 Å². The third-order valence-electron chi connectivity index (χ3n) is 5.23. The quantitative estimate of drug-likeness (QED) is 0.562. The molecule has 0 unspecified atom stereocenters. The summed E-state index contributed by atoms with van der Waals surface area (Å²) in [5.74, 6) is 3.32. The van der Waals surface area contributed by atoms with E-state index in [1.165, 1.54) is 0 Å². The van der Waals surface area contributed by atoms with Gasteiger partial charge >= 0.3 is 0 Å². The van der Waals surface area contributed by atoms with Crippen molar-refractivity contribution >= 4 is 0 Å². The molecule has 4 heterocycles. The van der Waals surface area contributed by atoms with E-state index in [1.54, 1.807) is 0 Å². The van der Waals surface area contributed by atoms with Crippen molar-refractivity contribution in [1.29, 1.82) is 0 Å². The number of rotatable bonds is 2. The second-order valence-corrected chi connectivity index (χ2v) is 6.98. The largest absolute Gasteiger partial charge is 0.285 e. The normalized spacial score (nSPS) is 20.3. The number of nitrogens with one attached hydrogen (secondary N) is 2. The van der Waals surface area contributed by atoms with E-state index in [0.717, 1.165) is 34.4 Å². The highest BCUT2D eigenvalue weighted by molar-refractivity contribution is 5.55. The number of aromatic nitrogens is 6. The third-order valence-corrected chi connectivity index (χ3v) is 5.23. The van der Waals surface area contributed by atoms with Gasteiger partial charge in [0.25, 0.3) is 0 Å². The summed E-state index contributed by atoms with van der Waals surface area (Å²) < 4.78 is 3.96. The van der Waals surface area contributed by atoms with E-state index in [0.29, 0.717) is 13.1 Å². The standard InChI is InChI=1S/C20H18N8/c1-3-7-13(8-4-1)17-23-15-11-21-20-19(27(15)25-17)22-12-16-24-18(26-28(16)20)14-9-5-2-6-10-14/h1-10,19-22H,11-12H2/t19-,20-/m0/s1. The fourth-order valence-corrected chi connectivity index (χ4v) is 3.87. The van der Waals surface area contributed by atoms with Gasteiger partial charge in [0.05, 0.1) is 13.1 Å². The smallest absolute Gasteiger partial charge is 0.181 e. The van der Waals surface area contributed by atoms with Crippen molar-refractivity contribution in [3.8, 4) is 22.8 Å². The Morgan fingerprint density at radius 2 is 1.07 bits per heavy atom. The third kappa shape index (κ3) is 2.39. The highest BCUT2D eigenvalue weighted by Crippen LogP contribution is 2.31. The van der Waals surface area contributed by atoms with Crippen LogP contribution in [0.5, 0.6) is 0 Å². The summed E-state index contributed by atoms with van der Waals surface area (Å²) in [4.78, 5) is 9.45. The Labute approximate surface area is 161 Å². The van der Waals surface area contributed by atoms with Gasteiger partial charge in [0.15, 0.2) is 11.6 Å². The minimum absolute atomic E-state index is 0.0634. The Bertz CT molecular complexity index is 1040. The predicted octanol–water partition coefficient (Wildman–Crippen LogP) is 2.11. The van der Waals surface area contributed by atoms with Crippen molar-refractivity contribution in [3.63, 3.8) is 0 Å². The Kier molecular flexibility index (Phi) is 3.40. The van der Waals surface area contributed by atoms with Gasteiger partial charge in [0, 0.05) is 11.1 Å². The molecule has 0 bridgehead atoms. The number of benzene rings is 2. The fourth-order valence-electron chi connectivity index (χ4n) is 3.87. The highest BCUT2D eigenvalue weighted by Gasteiger charge is 2.38. The Balaban J connectivity index is 1.37. The molecule has 2 atom stereocenters. The Morgan fingerprint density at radius 3 is 1.50 bits per heavy atom. The molecule has 0 radical (unpaired) electrons. The molecule has 4 aromatic rings. The van der Waals surface area contributed by atoms with Crippen LogP contribution in [0.1, 0.15) is 24.0 Å². The van der Waals surface area contributed by atoms with Gasteiger partial charge in [-0.3, -0.25) is 10.6 Å². The highest BCUT2D eigenvalue weighted by atomic mass is 15.5. The molecule has 2 aromatic carbocycles. The first kappa shape index (κ1) is 15.7. The molecule has 0 saturated carbocycles. The van der Waals surface area contributed by atoms with Crippen LogP contribution in [-0.4, -0.2) is 29.5 Å². The molecule has 0 saturated heterocycles. The van der Waals surface area contributed by atoms with Gasteiger partial charge in [-0.05, 0) is 0 Å². The van der Waals surface area contributed by atoms with Gasteiger partial charge in [-0.1, -0.05) is 60.7 Å². The summed E-state index contributed by atoms with van der Waals surface area (Å²) in [6, 6.07) is 20.1. The van der Waals surface area contributed by atoms with E-state index in [2.05, 4.69) is 10.6 Å². The molecule has 138 valence electrons. The van der Waals surface area contributed by atoms with Gasteiger partial charge in [0.2, 0.25) is 0 Å². The first-order valence-corrected chi connectivity index (χ1v) is 9.35. The first-order chi connectivity index (χ1) is 13.9. The second-order valence-electron chi connectivity index (χ2n) is 6.98. The van der Waals surface area contributed by atoms with Gasteiger partial charge < -0.3 is 0 Å². The van der Waals surface area contributed by atoms with E-state index in [-0.39, 0.29) is 12.3 Å². The first-order valence-electron chi connectivity index (χ1n) is 9.35. The van der Waals surface area contributed by atoms with Crippen molar-refractivity contribution < 1.29 is 0 Å². The minimum Gasteiger partial charge on any atom is -0.285 e. The topological polar surface area (TPSA) is 85.5 Å². The molecule has 2 N–H and O–H groups in total. The molecule has 0 amide bonds. The minimum atomic E-state index is -0.0634. The average Bonchev–Trinajstić information content (AvgIpc) is 3.39. The maximum atomic E-state index is 4.78. The summed E-state index contributed by atoms with van der Waals surface area (Å²) in [6.07, 6.45) is -0.127. The van der Waals surface area contributed by atoms with Crippen molar-refractivity contribution in [1.82, 2.24) is 40.2 Å². The van der Waals surface area contributed by atoms with Gasteiger partial charge in [0.1, 0.15) is 24.0 Å². The van der Waals surface area contributed by atoms with E-state index >= 15 is 0 Å². The number of hydrogen-bond acceptors (Lipinski definition) is 6. The second kappa shape index (κ2) is 6.08. The van der Waals surface area contributed by atoms with Crippen LogP contribution in [0.25, 0.3) is 22.8 Å². The molecule has 6 rings (SSSR count).